The molecular weight excluding hydrogens is 314 g/mol. The molecule has 2 fully saturated rings. The van der Waals surface area contributed by atoms with Gasteiger partial charge in [-0.05, 0) is 30.9 Å². The third-order valence-electron chi connectivity index (χ3n) is 5.10. The number of halogens is 1. The monoisotopic (exact) mass is 337 g/mol. The summed E-state index contributed by atoms with van der Waals surface area (Å²) in [5.74, 6) is 0.209. The summed E-state index contributed by atoms with van der Waals surface area (Å²) < 4.78 is 11.4. The topological polar surface area (TPSA) is 38.8 Å². The summed E-state index contributed by atoms with van der Waals surface area (Å²) >= 11 is 6.15. The molecular formula is C18H24ClNO3. The smallest absolute Gasteiger partial charge is 0.222 e. The maximum atomic E-state index is 12.4. The molecule has 2 aliphatic heterocycles. The lowest BCUT2D eigenvalue weighted by Crippen LogP contribution is -2.46. The molecule has 2 saturated heterocycles. The van der Waals surface area contributed by atoms with Crippen LogP contribution in [-0.2, 0) is 20.7 Å². The Morgan fingerprint density at radius 1 is 1.39 bits per heavy atom. The molecule has 0 aliphatic carbocycles. The molecule has 4 nitrogen and oxygen atoms in total. The second-order valence-electron chi connectivity index (χ2n) is 6.53. The van der Waals surface area contributed by atoms with Gasteiger partial charge in [0.25, 0.3) is 0 Å². The van der Waals surface area contributed by atoms with E-state index in [0.717, 1.165) is 42.9 Å². The van der Waals surface area contributed by atoms with Crippen molar-refractivity contribution in [3.63, 3.8) is 0 Å². The number of methoxy groups -OCH3 is 1. The zero-order valence-electron chi connectivity index (χ0n) is 13.6. The van der Waals surface area contributed by atoms with Gasteiger partial charge in [-0.15, -0.1) is 0 Å². The van der Waals surface area contributed by atoms with Gasteiger partial charge >= 0.3 is 0 Å². The van der Waals surface area contributed by atoms with Gasteiger partial charge in [0.05, 0.1) is 18.3 Å². The van der Waals surface area contributed by atoms with E-state index in [1.165, 1.54) is 0 Å². The summed E-state index contributed by atoms with van der Waals surface area (Å²) in [7, 11) is 1.74. The van der Waals surface area contributed by atoms with Crippen molar-refractivity contribution in [1.29, 1.82) is 0 Å². The number of rotatable bonds is 4. The van der Waals surface area contributed by atoms with Gasteiger partial charge < -0.3 is 14.4 Å². The minimum Gasteiger partial charge on any atom is -0.379 e. The Hall–Kier alpha value is -1.10. The van der Waals surface area contributed by atoms with Gasteiger partial charge in [0, 0.05) is 38.1 Å². The number of nitrogens with zero attached hydrogens (tertiary/aromatic N) is 1. The van der Waals surface area contributed by atoms with Crippen LogP contribution in [0.1, 0.15) is 31.2 Å². The van der Waals surface area contributed by atoms with Crippen molar-refractivity contribution in [3.8, 4) is 0 Å². The van der Waals surface area contributed by atoms with Gasteiger partial charge in [0.2, 0.25) is 5.91 Å². The lowest BCUT2D eigenvalue weighted by atomic mass is 9.88. The molecule has 1 unspecified atom stereocenters. The first-order valence-corrected chi connectivity index (χ1v) is 8.68. The largest absolute Gasteiger partial charge is 0.379 e. The van der Waals surface area contributed by atoms with Crippen molar-refractivity contribution in [3.05, 3.63) is 34.9 Å². The molecule has 0 saturated carbocycles. The fraction of sp³-hybridized carbons (Fsp3) is 0.611. The molecule has 0 N–H and O–H groups in total. The maximum Gasteiger partial charge on any atom is 0.222 e. The number of benzene rings is 1. The second kappa shape index (κ2) is 7.20. The predicted molar refractivity (Wildman–Crippen MR) is 89.7 cm³/mol. The van der Waals surface area contributed by atoms with Crippen LogP contribution in [0.15, 0.2) is 24.3 Å². The van der Waals surface area contributed by atoms with E-state index in [4.69, 9.17) is 21.1 Å². The highest BCUT2D eigenvalue weighted by molar-refractivity contribution is 6.31. The molecule has 1 atom stereocenters. The van der Waals surface area contributed by atoms with Crippen LogP contribution in [0.2, 0.25) is 5.02 Å². The van der Waals surface area contributed by atoms with Crippen molar-refractivity contribution in [2.45, 2.75) is 43.8 Å². The molecule has 1 aromatic rings. The molecule has 126 valence electrons. The van der Waals surface area contributed by atoms with Crippen LogP contribution in [0.4, 0.5) is 0 Å². The molecule has 3 rings (SSSR count). The van der Waals surface area contributed by atoms with Crippen LogP contribution in [0, 0.1) is 0 Å². The van der Waals surface area contributed by atoms with Crippen molar-refractivity contribution < 1.29 is 14.3 Å². The first-order valence-electron chi connectivity index (χ1n) is 8.30. The van der Waals surface area contributed by atoms with E-state index < -0.39 is 0 Å². The van der Waals surface area contributed by atoms with Gasteiger partial charge in [0.15, 0.2) is 0 Å². The Kier molecular flexibility index (Phi) is 5.24. The molecule has 5 heteroatoms. The third kappa shape index (κ3) is 3.87. The van der Waals surface area contributed by atoms with Crippen LogP contribution < -0.4 is 0 Å². The number of carbonyl (C=O) groups excluding carboxylic acids is 1. The summed E-state index contributed by atoms with van der Waals surface area (Å²) in [6.45, 7) is 2.23. The van der Waals surface area contributed by atoms with E-state index in [1.807, 2.05) is 29.2 Å². The molecule has 1 spiro atoms. The van der Waals surface area contributed by atoms with Crippen molar-refractivity contribution in [1.82, 2.24) is 4.90 Å². The zero-order chi connectivity index (χ0) is 16.3. The summed E-state index contributed by atoms with van der Waals surface area (Å²) in [6.07, 6.45) is 4.18. The normalized spacial score (nSPS) is 23.4. The van der Waals surface area contributed by atoms with Crippen molar-refractivity contribution in [2.24, 2.45) is 0 Å². The highest BCUT2D eigenvalue weighted by Gasteiger charge is 2.43. The molecule has 2 heterocycles. The number of hydrogen-bond donors (Lipinski definition) is 0. The van der Waals surface area contributed by atoms with Crippen LogP contribution >= 0.6 is 11.6 Å². The lowest BCUT2D eigenvalue weighted by molar-refractivity contribution is -0.135. The van der Waals surface area contributed by atoms with Crippen LogP contribution in [-0.4, -0.2) is 49.3 Å². The number of carbonyl (C=O) groups is 1. The molecule has 2 aliphatic rings. The molecule has 0 aromatic heterocycles. The summed E-state index contributed by atoms with van der Waals surface area (Å²) in [5, 5.41) is 0.739. The molecule has 1 aromatic carbocycles. The molecule has 0 bridgehead atoms. The number of ether oxygens (including phenoxy) is 2. The number of hydrogen-bond acceptors (Lipinski definition) is 3. The predicted octanol–water partition coefficient (Wildman–Crippen LogP) is 3.07. The van der Waals surface area contributed by atoms with E-state index >= 15 is 0 Å². The van der Waals surface area contributed by atoms with E-state index in [0.29, 0.717) is 19.4 Å². The zero-order valence-corrected chi connectivity index (χ0v) is 14.3. The van der Waals surface area contributed by atoms with E-state index in [-0.39, 0.29) is 17.6 Å². The van der Waals surface area contributed by atoms with Gasteiger partial charge in [-0.25, -0.2) is 0 Å². The Labute approximate surface area is 142 Å². The summed E-state index contributed by atoms with van der Waals surface area (Å²) in [4.78, 5) is 14.4. The minimum atomic E-state index is -0.0693. The number of likely N-dealkylation sites (tertiary alicyclic amines) is 1. The average Bonchev–Trinajstić information content (AvgIpc) is 2.97. The molecule has 0 radical (unpaired) electrons. The van der Waals surface area contributed by atoms with Gasteiger partial charge in [0.1, 0.15) is 0 Å². The van der Waals surface area contributed by atoms with Crippen LogP contribution in [0.25, 0.3) is 0 Å². The summed E-state index contributed by atoms with van der Waals surface area (Å²) in [5.41, 5.74) is 0.971. The van der Waals surface area contributed by atoms with Gasteiger partial charge in [-0.2, -0.15) is 0 Å². The summed E-state index contributed by atoms with van der Waals surface area (Å²) in [6, 6.07) is 7.72. The Balaban J connectivity index is 1.48. The van der Waals surface area contributed by atoms with Crippen molar-refractivity contribution in [2.75, 3.05) is 26.8 Å². The Bertz CT molecular complexity index is 555. The SMILES string of the molecule is COC1COC2(CCN(C(=O)CCc3ccccc3Cl)CC2)C1. The minimum absolute atomic E-state index is 0.0693. The van der Waals surface area contributed by atoms with E-state index in [2.05, 4.69) is 0 Å². The Morgan fingerprint density at radius 3 is 2.78 bits per heavy atom. The van der Waals surface area contributed by atoms with Crippen molar-refractivity contribution >= 4 is 17.5 Å². The maximum absolute atomic E-state index is 12.4. The number of piperidine rings is 1. The lowest BCUT2D eigenvalue weighted by Gasteiger charge is -2.38. The average molecular weight is 338 g/mol. The van der Waals surface area contributed by atoms with Gasteiger partial charge in [-0.1, -0.05) is 29.8 Å². The number of amides is 1. The fourth-order valence-corrected chi connectivity index (χ4v) is 3.80. The first-order chi connectivity index (χ1) is 11.1. The quantitative estimate of drug-likeness (QED) is 0.847. The highest BCUT2D eigenvalue weighted by Crippen LogP contribution is 2.36. The standard InChI is InChI=1S/C18H24ClNO3/c1-22-15-12-18(23-13-15)8-10-20(11-9-18)17(21)7-6-14-4-2-3-5-16(14)19/h2-5,15H,6-13H2,1H3. The van der Waals surface area contributed by atoms with Gasteiger partial charge in [-0.3, -0.25) is 4.79 Å². The van der Waals surface area contributed by atoms with Crippen LogP contribution in [0.5, 0.6) is 0 Å². The molecule has 1 amide bonds. The van der Waals surface area contributed by atoms with Crippen LogP contribution in [0.3, 0.4) is 0 Å². The van der Waals surface area contributed by atoms with E-state index in [9.17, 15) is 4.79 Å². The Morgan fingerprint density at radius 2 is 2.13 bits per heavy atom. The second-order valence-corrected chi connectivity index (χ2v) is 6.94. The molecule has 23 heavy (non-hydrogen) atoms. The third-order valence-corrected chi connectivity index (χ3v) is 5.47. The van der Waals surface area contributed by atoms with E-state index in [1.54, 1.807) is 7.11 Å². The fourth-order valence-electron chi connectivity index (χ4n) is 3.57. The highest BCUT2D eigenvalue weighted by atomic mass is 35.5. The number of aryl methyl sites for hydroxylation is 1. The first kappa shape index (κ1) is 16.7.